The lowest BCUT2D eigenvalue weighted by Crippen LogP contribution is -2.34. The summed E-state index contributed by atoms with van der Waals surface area (Å²) in [4.78, 5) is 1.07. The second-order valence-electron chi connectivity index (χ2n) is 3.85. The highest BCUT2D eigenvalue weighted by molar-refractivity contribution is 7.98. The number of thiophene rings is 1. The lowest BCUT2D eigenvalue weighted by molar-refractivity contribution is 0.570. The zero-order chi connectivity index (χ0) is 13.1. The lowest BCUT2D eigenvalue weighted by atomic mass is 10.3. The van der Waals surface area contributed by atoms with Gasteiger partial charge < -0.3 is 5.73 Å². The van der Waals surface area contributed by atoms with Crippen LogP contribution >= 0.6 is 23.1 Å². The Morgan fingerprint density at radius 3 is 2.76 bits per heavy atom. The normalized spacial score (nSPS) is 13.9. The van der Waals surface area contributed by atoms with Crippen molar-refractivity contribution < 1.29 is 8.42 Å². The molecule has 1 atom stereocenters. The molecule has 1 rings (SSSR count). The number of hydrogen-bond donors (Lipinski definition) is 2. The number of nitrogens with one attached hydrogen (secondary N) is 1. The van der Waals surface area contributed by atoms with Gasteiger partial charge in [0.05, 0.1) is 0 Å². The summed E-state index contributed by atoms with van der Waals surface area (Å²) in [7, 11) is -3.44. The summed E-state index contributed by atoms with van der Waals surface area (Å²) < 4.78 is 27.1. The first kappa shape index (κ1) is 15.0. The van der Waals surface area contributed by atoms with Crippen molar-refractivity contribution in [1.82, 2.24) is 4.72 Å². The minimum Gasteiger partial charge on any atom is -0.326 e. The number of aryl methyl sites for hydroxylation is 1. The Kier molecular flexibility index (Phi) is 5.46. The quantitative estimate of drug-likeness (QED) is 0.835. The fourth-order valence-electron chi connectivity index (χ4n) is 1.60. The van der Waals surface area contributed by atoms with Crippen molar-refractivity contribution in [3.05, 3.63) is 15.8 Å². The maximum Gasteiger partial charge on any atom is 0.242 e. The number of nitrogens with two attached hydrogens (primary N) is 1. The highest BCUT2D eigenvalue weighted by Crippen LogP contribution is 2.26. The largest absolute Gasteiger partial charge is 0.326 e. The van der Waals surface area contributed by atoms with Crippen LogP contribution in [0.15, 0.2) is 10.3 Å². The van der Waals surface area contributed by atoms with Gasteiger partial charge in [0.2, 0.25) is 10.0 Å². The molecule has 3 N–H and O–H groups in total. The Labute approximate surface area is 111 Å². The fourth-order valence-corrected chi connectivity index (χ4v) is 5.23. The van der Waals surface area contributed by atoms with Gasteiger partial charge in [-0.15, -0.1) is 11.3 Å². The maximum atomic E-state index is 12.2. The van der Waals surface area contributed by atoms with E-state index in [0.29, 0.717) is 9.77 Å². The van der Waals surface area contributed by atoms with Crippen LogP contribution in [0.1, 0.15) is 17.4 Å². The Morgan fingerprint density at radius 2 is 2.24 bits per heavy atom. The van der Waals surface area contributed by atoms with E-state index >= 15 is 0 Å². The van der Waals surface area contributed by atoms with Crippen molar-refractivity contribution in [2.45, 2.75) is 31.3 Å². The molecule has 0 saturated heterocycles. The Bertz CT molecular complexity index is 468. The molecule has 0 bridgehead atoms. The van der Waals surface area contributed by atoms with Crippen molar-refractivity contribution >= 4 is 33.1 Å². The number of thioether (sulfide) groups is 1. The molecule has 7 heteroatoms. The highest BCUT2D eigenvalue weighted by Gasteiger charge is 2.23. The lowest BCUT2D eigenvalue weighted by Gasteiger charge is -2.13. The van der Waals surface area contributed by atoms with Crippen LogP contribution in [-0.2, 0) is 16.6 Å². The van der Waals surface area contributed by atoms with Gasteiger partial charge in [0.25, 0.3) is 0 Å². The molecule has 0 fully saturated rings. The van der Waals surface area contributed by atoms with Gasteiger partial charge >= 0.3 is 0 Å². The van der Waals surface area contributed by atoms with Gasteiger partial charge in [0.1, 0.15) is 4.90 Å². The Balaban J connectivity index is 3.00. The standard InChI is InChI=1S/C10H18N2O2S3/c1-7-5-16-9(4-11)10(7)17(13,14)12-8(2)6-15-3/h5,8,12H,4,6,11H2,1-3H3. The summed E-state index contributed by atoms with van der Waals surface area (Å²) in [5.74, 6) is 0.750. The molecular formula is C10H18N2O2S3. The van der Waals surface area contributed by atoms with E-state index in [0.717, 1.165) is 11.3 Å². The van der Waals surface area contributed by atoms with Gasteiger partial charge in [-0.25, -0.2) is 13.1 Å². The molecule has 0 radical (unpaired) electrons. The minimum absolute atomic E-state index is 0.0834. The predicted molar refractivity (Wildman–Crippen MR) is 75.1 cm³/mol. The number of hydrogen-bond acceptors (Lipinski definition) is 5. The van der Waals surface area contributed by atoms with Crippen molar-refractivity contribution in [1.29, 1.82) is 0 Å². The summed E-state index contributed by atoms with van der Waals surface area (Å²) in [6, 6.07) is -0.0834. The molecule has 0 aliphatic heterocycles. The molecule has 0 aliphatic carbocycles. The van der Waals surface area contributed by atoms with Crippen LogP contribution in [0.2, 0.25) is 0 Å². The molecule has 17 heavy (non-hydrogen) atoms. The molecule has 0 spiro atoms. The second-order valence-corrected chi connectivity index (χ2v) is 7.38. The Morgan fingerprint density at radius 1 is 1.59 bits per heavy atom. The zero-order valence-electron chi connectivity index (χ0n) is 10.2. The van der Waals surface area contributed by atoms with E-state index in [-0.39, 0.29) is 12.6 Å². The van der Waals surface area contributed by atoms with E-state index in [1.54, 1.807) is 18.7 Å². The van der Waals surface area contributed by atoms with Gasteiger partial charge in [-0.3, -0.25) is 0 Å². The van der Waals surface area contributed by atoms with Gasteiger partial charge in [0, 0.05) is 23.2 Å². The molecule has 1 aromatic heterocycles. The van der Waals surface area contributed by atoms with E-state index in [2.05, 4.69) is 4.72 Å². The summed E-state index contributed by atoms with van der Waals surface area (Å²) in [5, 5.41) is 1.83. The second kappa shape index (κ2) is 6.19. The molecule has 0 saturated carbocycles. The topological polar surface area (TPSA) is 72.2 Å². The van der Waals surface area contributed by atoms with Gasteiger partial charge in [0.15, 0.2) is 0 Å². The highest BCUT2D eigenvalue weighted by atomic mass is 32.2. The molecule has 0 aliphatic rings. The maximum absolute atomic E-state index is 12.2. The molecule has 0 amide bonds. The first-order chi connectivity index (χ1) is 7.92. The van der Waals surface area contributed by atoms with E-state index in [1.807, 2.05) is 18.6 Å². The van der Waals surface area contributed by atoms with Crippen LogP contribution in [0, 0.1) is 6.92 Å². The summed E-state index contributed by atoms with van der Waals surface area (Å²) in [5.41, 5.74) is 6.33. The SMILES string of the molecule is CSCC(C)NS(=O)(=O)c1c(C)csc1CN. The average Bonchev–Trinajstić information content (AvgIpc) is 2.59. The van der Waals surface area contributed by atoms with Gasteiger partial charge in [-0.1, -0.05) is 0 Å². The summed E-state index contributed by atoms with van der Waals surface area (Å²) in [6.07, 6.45) is 1.95. The zero-order valence-corrected chi connectivity index (χ0v) is 12.6. The van der Waals surface area contributed by atoms with E-state index in [1.165, 1.54) is 11.3 Å². The molecular weight excluding hydrogens is 276 g/mol. The number of rotatable bonds is 6. The van der Waals surface area contributed by atoms with Crippen molar-refractivity contribution in [2.24, 2.45) is 5.73 Å². The van der Waals surface area contributed by atoms with Crippen LogP contribution in [0.4, 0.5) is 0 Å². The molecule has 1 unspecified atom stereocenters. The van der Waals surface area contributed by atoms with E-state index < -0.39 is 10.0 Å². The van der Waals surface area contributed by atoms with E-state index in [9.17, 15) is 8.42 Å². The molecule has 98 valence electrons. The summed E-state index contributed by atoms with van der Waals surface area (Å²) in [6.45, 7) is 3.91. The minimum atomic E-state index is -3.44. The van der Waals surface area contributed by atoms with Gasteiger partial charge in [-0.2, -0.15) is 11.8 Å². The van der Waals surface area contributed by atoms with Crippen LogP contribution in [0.3, 0.4) is 0 Å². The fraction of sp³-hybridized carbons (Fsp3) is 0.600. The van der Waals surface area contributed by atoms with Crippen molar-refractivity contribution in [3.63, 3.8) is 0 Å². The third kappa shape index (κ3) is 3.69. The van der Waals surface area contributed by atoms with Gasteiger partial charge in [-0.05, 0) is 31.0 Å². The first-order valence-electron chi connectivity index (χ1n) is 5.20. The summed E-state index contributed by atoms with van der Waals surface area (Å²) >= 11 is 3.01. The smallest absolute Gasteiger partial charge is 0.242 e. The van der Waals surface area contributed by atoms with Crippen LogP contribution in [0.5, 0.6) is 0 Å². The monoisotopic (exact) mass is 294 g/mol. The molecule has 1 heterocycles. The molecule has 1 aromatic rings. The van der Waals surface area contributed by atoms with Crippen LogP contribution in [0.25, 0.3) is 0 Å². The average molecular weight is 294 g/mol. The van der Waals surface area contributed by atoms with Crippen LogP contribution < -0.4 is 10.5 Å². The number of sulfonamides is 1. The van der Waals surface area contributed by atoms with Crippen LogP contribution in [-0.4, -0.2) is 26.5 Å². The first-order valence-corrected chi connectivity index (χ1v) is 8.96. The molecule has 0 aromatic carbocycles. The third-order valence-corrected chi connectivity index (χ3v) is 6.12. The van der Waals surface area contributed by atoms with E-state index in [4.69, 9.17) is 5.73 Å². The molecule has 4 nitrogen and oxygen atoms in total. The van der Waals surface area contributed by atoms with Crippen molar-refractivity contribution in [2.75, 3.05) is 12.0 Å². The third-order valence-electron chi connectivity index (χ3n) is 2.22. The Hall–Kier alpha value is -0.0800. The predicted octanol–water partition coefficient (Wildman–Crippen LogP) is 1.55. The van der Waals surface area contributed by atoms with Crippen molar-refractivity contribution in [3.8, 4) is 0 Å².